The van der Waals surface area contributed by atoms with Gasteiger partial charge in [0.2, 0.25) is 5.65 Å². The Kier molecular flexibility index (Phi) is 2.87. The number of ether oxygens (including phenoxy) is 1. The van der Waals surface area contributed by atoms with Crippen LogP contribution in [0.1, 0.15) is 13.8 Å². The molecule has 0 aliphatic carbocycles. The Morgan fingerprint density at radius 2 is 1.89 bits per heavy atom. The van der Waals surface area contributed by atoms with E-state index in [0.29, 0.717) is 5.88 Å². The molecule has 5 nitrogen and oxygen atoms in total. The van der Waals surface area contributed by atoms with E-state index in [1.807, 2.05) is 42.8 Å². The molecular weight excluding hydrogens is 240 g/mol. The Bertz CT molecular complexity index is 691. The Morgan fingerprint density at radius 1 is 1.11 bits per heavy atom. The van der Waals surface area contributed by atoms with Crippen LogP contribution in [-0.2, 0) is 0 Å². The van der Waals surface area contributed by atoms with Crippen LogP contribution in [0, 0.1) is 0 Å². The van der Waals surface area contributed by atoms with E-state index in [4.69, 9.17) is 4.74 Å². The number of pyridine rings is 1. The van der Waals surface area contributed by atoms with Gasteiger partial charge in [-0.1, -0.05) is 0 Å². The highest BCUT2D eigenvalue weighted by Crippen LogP contribution is 2.24. The molecule has 3 aromatic rings. The van der Waals surface area contributed by atoms with Crippen LogP contribution < -0.4 is 4.74 Å². The summed E-state index contributed by atoms with van der Waals surface area (Å²) in [5.41, 5.74) is 2.78. The van der Waals surface area contributed by atoms with Crippen LogP contribution in [0.25, 0.3) is 16.9 Å². The zero-order chi connectivity index (χ0) is 13.2. The van der Waals surface area contributed by atoms with Crippen molar-refractivity contribution in [3.8, 4) is 17.1 Å². The van der Waals surface area contributed by atoms with Gasteiger partial charge < -0.3 is 4.74 Å². The molecule has 3 heterocycles. The van der Waals surface area contributed by atoms with Gasteiger partial charge in [0, 0.05) is 30.4 Å². The van der Waals surface area contributed by atoms with E-state index in [0.717, 1.165) is 16.9 Å². The first-order chi connectivity index (χ1) is 9.25. The highest BCUT2D eigenvalue weighted by atomic mass is 16.5. The Balaban J connectivity index is 2.14. The average molecular weight is 254 g/mol. The van der Waals surface area contributed by atoms with Gasteiger partial charge in [0.25, 0.3) is 5.88 Å². The van der Waals surface area contributed by atoms with E-state index in [2.05, 4.69) is 15.0 Å². The second-order valence-corrected chi connectivity index (χ2v) is 4.47. The molecule has 19 heavy (non-hydrogen) atoms. The van der Waals surface area contributed by atoms with Gasteiger partial charge in [-0.05, 0) is 26.0 Å². The molecule has 0 radical (unpaired) electrons. The molecule has 96 valence electrons. The lowest BCUT2D eigenvalue weighted by atomic mass is 10.2. The SMILES string of the molecule is CC(C)Oc1nccn2c(-c3ccncc3)cnc12. The van der Waals surface area contributed by atoms with E-state index in [9.17, 15) is 0 Å². The summed E-state index contributed by atoms with van der Waals surface area (Å²) in [6.07, 6.45) is 9.02. The lowest BCUT2D eigenvalue weighted by Crippen LogP contribution is -2.08. The van der Waals surface area contributed by atoms with Crippen molar-refractivity contribution < 1.29 is 4.74 Å². The summed E-state index contributed by atoms with van der Waals surface area (Å²) in [7, 11) is 0. The second kappa shape index (κ2) is 4.68. The van der Waals surface area contributed by atoms with Crippen molar-refractivity contribution in [1.82, 2.24) is 19.4 Å². The molecule has 0 aromatic carbocycles. The minimum absolute atomic E-state index is 0.0692. The summed E-state index contributed by atoms with van der Waals surface area (Å²) < 4.78 is 7.64. The molecular formula is C14H14N4O. The molecule has 3 rings (SSSR count). The minimum Gasteiger partial charge on any atom is -0.472 e. The van der Waals surface area contributed by atoms with Gasteiger partial charge in [-0.25, -0.2) is 9.97 Å². The number of imidazole rings is 1. The predicted molar refractivity (Wildman–Crippen MR) is 72.0 cm³/mol. The first-order valence-corrected chi connectivity index (χ1v) is 6.15. The number of rotatable bonds is 3. The van der Waals surface area contributed by atoms with Crippen molar-refractivity contribution in [2.24, 2.45) is 0 Å². The quantitative estimate of drug-likeness (QED) is 0.721. The minimum atomic E-state index is 0.0692. The first-order valence-electron chi connectivity index (χ1n) is 6.15. The van der Waals surface area contributed by atoms with Crippen LogP contribution in [0.2, 0.25) is 0 Å². The van der Waals surface area contributed by atoms with Gasteiger partial charge in [0.1, 0.15) is 0 Å². The van der Waals surface area contributed by atoms with Crippen LogP contribution in [0.3, 0.4) is 0 Å². The first kappa shape index (κ1) is 11.6. The van der Waals surface area contributed by atoms with E-state index in [1.165, 1.54) is 0 Å². The smallest absolute Gasteiger partial charge is 0.258 e. The third-order valence-electron chi connectivity index (χ3n) is 2.72. The highest BCUT2D eigenvalue weighted by Gasteiger charge is 2.11. The normalized spacial score (nSPS) is 11.1. The Labute approximate surface area is 110 Å². The van der Waals surface area contributed by atoms with Crippen molar-refractivity contribution in [3.63, 3.8) is 0 Å². The summed E-state index contributed by atoms with van der Waals surface area (Å²) in [6, 6.07) is 3.90. The third kappa shape index (κ3) is 2.14. The van der Waals surface area contributed by atoms with Crippen molar-refractivity contribution in [1.29, 1.82) is 0 Å². The Morgan fingerprint density at radius 3 is 2.63 bits per heavy atom. The topological polar surface area (TPSA) is 52.3 Å². The molecule has 0 aliphatic rings. The van der Waals surface area contributed by atoms with Crippen LogP contribution in [0.5, 0.6) is 5.88 Å². The molecule has 0 fully saturated rings. The van der Waals surface area contributed by atoms with Crippen LogP contribution in [0.4, 0.5) is 0 Å². The number of nitrogens with zero attached hydrogens (tertiary/aromatic N) is 4. The van der Waals surface area contributed by atoms with Gasteiger partial charge in [-0.15, -0.1) is 0 Å². The standard InChI is InChI=1S/C14H14N4O/c1-10(2)19-14-13-17-9-12(18(13)8-7-16-14)11-3-5-15-6-4-11/h3-10H,1-2H3. The molecule has 0 spiro atoms. The molecule has 0 bridgehead atoms. The zero-order valence-corrected chi connectivity index (χ0v) is 10.8. The third-order valence-corrected chi connectivity index (χ3v) is 2.72. The lowest BCUT2D eigenvalue weighted by Gasteiger charge is -2.09. The summed E-state index contributed by atoms with van der Waals surface area (Å²) in [5.74, 6) is 0.554. The molecule has 5 heteroatoms. The van der Waals surface area contributed by atoms with E-state index in [-0.39, 0.29) is 6.10 Å². The molecule has 0 N–H and O–H groups in total. The number of hydrogen-bond acceptors (Lipinski definition) is 4. The van der Waals surface area contributed by atoms with Crippen LogP contribution in [0.15, 0.2) is 43.1 Å². The summed E-state index contributed by atoms with van der Waals surface area (Å²) in [4.78, 5) is 12.7. The predicted octanol–water partition coefficient (Wildman–Crippen LogP) is 2.58. The zero-order valence-electron chi connectivity index (χ0n) is 10.8. The van der Waals surface area contributed by atoms with Gasteiger partial charge >= 0.3 is 0 Å². The van der Waals surface area contributed by atoms with Crippen molar-refractivity contribution in [3.05, 3.63) is 43.1 Å². The number of fused-ring (bicyclic) bond motifs is 1. The van der Waals surface area contributed by atoms with Crippen molar-refractivity contribution >= 4 is 5.65 Å². The maximum atomic E-state index is 5.67. The molecule has 0 aliphatic heterocycles. The highest BCUT2D eigenvalue weighted by molar-refractivity contribution is 5.65. The van der Waals surface area contributed by atoms with Crippen LogP contribution >= 0.6 is 0 Å². The van der Waals surface area contributed by atoms with E-state index < -0.39 is 0 Å². The van der Waals surface area contributed by atoms with Gasteiger partial charge in [0.15, 0.2) is 0 Å². The monoisotopic (exact) mass is 254 g/mol. The van der Waals surface area contributed by atoms with Crippen LogP contribution in [-0.4, -0.2) is 25.5 Å². The van der Waals surface area contributed by atoms with E-state index in [1.54, 1.807) is 18.6 Å². The molecule has 0 unspecified atom stereocenters. The molecule has 0 atom stereocenters. The molecule has 3 aromatic heterocycles. The van der Waals surface area contributed by atoms with Crippen molar-refractivity contribution in [2.45, 2.75) is 20.0 Å². The van der Waals surface area contributed by atoms with Gasteiger partial charge in [-0.2, -0.15) is 0 Å². The summed E-state index contributed by atoms with van der Waals surface area (Å²) in [5, 5.41) is 0. The fourth-order valence-corrected chi connectivity index (χ4v) is 1.94. The fraction of sp³-hybridized carbons (Fsp3) is 0.214. The molecule has 0 amide bonds. The molecule has 0 saturated carbocycles. The second-order valence-electron chi connectivity index (χ2n) is 4.47. The maximum Gasteiger partial charge on any atom is 0.258 e. The van der Waals surface area contributed by atoms with E-state index >= 15 is 0 Å². The largest absolute Gasteiger partial charge is 0.472 e. The molecule has 0 saturated heterocycles. The Hall–Kier alpha value is -2.43. The number of aromatic nitrogens is 4. The summed E-state index contributed by atoms with van der Waals surface area (Å²) >= 11 is 0. The van der Waals surface area contributed by atoms with Gasteiger partial charge in [0.05, 0.1) is 18.0 Å². The summed E-state index contributed by atoms with van der Waals surface area (Å²) in [6.45, 7) is 3.94. The fourth-order valence-electron chi connectivity index (χ4n) is 1.94. The number of hydrogen-bond donors (Lipinski definition) is 0. The van der Waals surface area contributed by atoms with Gasteiger partial charge in [-0.3, -0.25) is 9.38 Å². The maximum absolute atomic E-state index is 5.67. The lowest BCUT2D eigenvalue weighted by molar-refractivity contribution is 0.234. The van der Waals surface area contributed by atoms with Crippen molar-refractivity contribution in [2.75, 3.05) is 0 Å². The average Bonchev–Trinajstić information content (AvgIpc) is 2.84.